The summed E-state index contributed by atoms with van der Waals surface area (Å²) in [5, 5.41) is 8.40. The molecule has 0 bridgehead atoms. The van der Waals surface area contributed by atoms with Gasteiger partial charge in [0.2, 0.25) is 11.8 Å². The molecule has 1 aliphatic heterocycles. The predicted molar refractivity (Wildman–Crippen MR) is 50.3 cm³/mol. The molecule has 0 aromatic carbocycles. The molecule has 1 heterocycles. The summed E-state index contributed by atoms with van der Waals surface area (Å²) < 4.78 is 37.0. The number of hydrogen-bond donors (Lipinski definition) is 0. The molecule has 0 saturated carbocycles. The van der Waals surface area contributed by atoms with Gasteiger partial charge in [-0.1, -0.05) is 6.92 Å². The van der Waals surface area contributed by atoms with E-state index in [9.17, 15) is 22.8 Å². The fourth-order valence-corrected chi connectivity index (χ4v) is 1.63. The van der Waals surface area contributed by atoms with E-state index in [0.29, 0.717) is 4.90 Å². The van der Waals surface area contributed by atoms with Crippen LogP contribution in [0.5, 0.6) is 0 Å². The quantitative estimate of drug-likeness (QED) is 0.695. The first-order valence-corrected chi connectivity index (χ1v) is 5.05. The molecule has 17 heavy (non-hydrogen) atoms. The number of nitriles is 1. The number of hydrogen-bond acceptors (Lipinski definition) is 3. The van der Waals surface area contributed by atoms with Gasteiger partial charge in [0.15, 0.2) is 5.92 Å². The highest BCUT2D eigenvalue weighted by Crippen LogP contribution is 2.28. The molecule has 0 aliphatic carbocycles. The third kappa shape index (κ3) is 3.19. The molecule has 1 atom stereocenters. The van der Waals surface area contributed by atoms with Gasteiger partial charge in [-0.25, -0.2) is 0 Å². The Kier molecular flexibility index (Phi) is 3.76. The van der Waals surface area contributed by atoms with Crippen LogP contribution in [0, 0.1) is 23.2 Å². The van der Waals surface area contributed by atoms with Gasteiger partial charge >= 0.3 is 6.18 Å². The molecule has 1 aliphatic rings. The minimum absolute atomic E-state index is 0.0434. The van der Waals surface area contributed by atoms with Gasteiger partial charge in [0.1, 0.15) is 0 Å². The van der Waals surface area contributed by atoms with E-state index in [4.69, 9.17) is 5.26 Å². The molecule has 0 aromatic heterocycles. The van der Waals surface area contributed by atoms with Crippen LogP contribution >= 0.6 is 0 Å². The van der Waals surface area contributed by atoms with Gasteiger partial charge in [0.05, 0.1) is 12.6 Å². The summed E-state index contributed by atoms with van der Waals surface area (Å²) >= 11 is 0. The number of amides is 2. The van der Waals surface area contributed by atoms with Crippen LogP contribution in [0.4, 0.5) is 13.2 Å². The summed E-state index contributed by atoms with van der Waals surface area (Å²) in [5.41, 5.74) is 0. The van der Waals surface area contributed by atoms with Gasteiger partial charge in [0.25, 0.3) is 0 Å². The van der Waals surface area contributed by atoms with Crippen LogP contribution < -0.4 is 0 Å². The summed E-state index contributed by atoms with van der Waals surface area (Å²) in [6.07, 6.45) is -4.64. The Labute approximate surface area is 96.0 Å². The van der Waals surface area contributed by atoms with Crippen molar-refractivity contribution in [1.82, 2.24) is 4.90 Å². The van der Waals surface area contributed by atoms with Gasteiger partial charge in [-0.15, -0.1) is 0 Å². The Hall–Kier alpha value is -1.58. The fraction of sp³-hybridized carbons (Fsp3) is 0.700. The van der Waals surface area contributed by atoms with Crippen molar-refractivity contribution in [2.45, 2.75) is 25.9 Å². The number of rotatable bonds is 2. The van der Waals surface area contributed by atoms with E-state index in [0.717, 1.165) is 6.07 Å². The maximum Gasteiger partial charge on any atom is 0.406 e. The SMILES string of the molecule is CC1CC(=O)N(CC(C#N)C(F)(F)F)C(=O)C1. The minimum atomic E-state index is -4.72. The second kappa shape index (κ2) is 4.73. The van der Waals surface area contributed by atoms with Crippen LogP contribution in [-0.4, -0.2) is 29.4 Å². The van der Waals surface area contributed by atoms with E-state index >= 15 is 0 Å². The maximum atomic E-state index is 12.3. The molecule has 1 rings (SSSR count). The van der Waals surface area contributed by atoms with E-state index in [2.05, 4.69) is 0 Å². The molecule has 4 nitrogen and oxygen atoms in total. The zero-order chi connectivity index (χ0) is 13.2. The summed E-state index contributed by atoms with van der Waals surface area (Å²) in [5.74, 6) is -3.75. The molecule has 94 valence electrons. The Morgan fingerprint density at radius 1 is 1.41 bits per heavy atom. The number of halogens is 3. The lowest BCUT2D eigenvalue weighted by molar-refractivity contribution is -0.170. The van der Waals surface area contributed by atoms with Crippen molar-refractivity contribution in [2.24, 2.45) is 11.8 Å². The molecular formula is C10H11F3N2O2. The van der Waals surface area contributed by atoms with Gasteiger partial charge in [0, 0.05) is 12.8 Å². The topological polar surface area (TPSA) is 61.2 Å². The van der Waals surface area contributed by atoms with Crippen LogP contribution in [0.15, 0.2) is 0 Å². The van der Waals surface area contributed by atoms with Gasteiger partial charge in [-0.05, 0) is 5.92 Å². The first-order chi connectivity index (χ1) is 7.75. The largest absolute Gasteiger partial charge is 0.406 e. The van der Waals surface area contributed by atoms with E-state index in [-0.39, 0.29) is 18.8 Å². The van der Waals surface area contributed by atoms with Crippen LogP contribution in [0.25, 0.3) is 0 Å². The third-order valence-electron chi connectivity index (χ3n) is 2.56. The molecule has 1 fully saturated rings. The predicted octanol–water partition coefficient (Wildman–Crippen LogP) is 1.47. The molecule has 0 spiro atoms. The number of carbonyl (C=O) groups is 2. The Morgan fingerprint density at radius 2 is 1.88 bits per heavy atom. The first kappa shape index (κ1) is 13.5. The number of likely N-dealkylation sites (tertiary alicyclic amines) is 1. The molecule has 0 N–H and O–H groups in total. The molecular weight excluding hydrogens is 237 g/mol. The molecule has 0 radical (unpaired) electrons. The van der Waals surface area contributed by atoms with E-state index in [1.54, 1.807) is 6.92 Å². The van der Waals surface area contributed by atoms with Crippen molar-refractivity contribution in [3.8, 4) is 6.07 Å². The van der Waals surface area contributed by atoms with Gasteiger partial charge < -0.3 is 0 Å². The monoisotopic (exact) mass is 248 g/mol. The number of carbonyl (C=O) groups excluding carboxylic acids is 2. The van der Waals surface area contributed by atoms with Crippen molar-refractivity contribution < 1.29 is 22.8 Å². The minimum Gasteiger partial charge on any atom is -0.281 e. The zero-order valence-electron chi connectivity index (χ0n) is 9.12. The maximum absolute atomic E-state index is 12.3. The highest BCUT2D eigenvalue weighted by atomic mass is 19.4. The Bertz CT molecular complexity index is 355. The average Bonchev–Trinajstić information content (AvgIpc) is 2.14. The highest BCUT2D eigenvalue weighted by molar-refractivity contribution is 5.97. The number of piperidine rings is 1. The van der Waals surface area contributed by atoms with Gasteiger partial charge in [-0.3, -0.25) is 14.5 Å². The average molecular weight is 248 g/mol. The van der Waals surface area contributed by atoms with Gasteiger partial charge in [-0.2, -0.15) is 18.4 Å². The lowest BCUT2D eigenvalue weighted by Gasteiger charge is -2.30. The number of imide groups is 1. The second-order valence-corrected chi connectivity index (χ2v) is 4.13. The fourth-order valence-electron chi connectivity index (χ4n) is 1.63. The molecule has 0 aromatic rings. The van der Waals surface area contributed by atoms with Crippen molar-refractivity contribution in [3.05, 3.63) is 0 Å². The Morgan fingerprint density at radius 3 is 2.24 bits per heavy atom. The van der Waals surface area contributed by atoms with Crippen LogP contribution in [0.2, 0.25) is 0 Å². The Balaban J connectivity index is 2.77. The van der Waals surface area contributed by atoms with E-state index in [1.807, 2.05) is 0 Å². The van der Waals surface area contributed by atoms with Crippen molar-refractivity contribution in [1.29, 1.82) is 5.26 Å². The summed E-state index contributed by atoms with van der Waals surface area (Å²) in [4.78, 5) is 23.4. The smallest absolute Gasteiger partial charge is 0.281 e. The van der Waals surface area contributed by atoms with E-state index < -0.39 is 30.5 Å². The van der Waals surface area contributed by atoms with E-state index in [1.165, 1.54) is 0 Å². The molecule has 1 unspecified atom stereocenters. The lowest BCUT2D eigenvalue weighted by atomic mass is 9.96. The molecule has 2 amide bonds. The molecule has 7 heteroatoms. The van der Waals surface area contributed by atoms with Crippen LogP contribution in [-0.2, 0) is 9.59 Å². The molecule has 1 saturated heterocycles. The lowest BCUT2D eigenvalue weighted by Crippen LogP contribution is -2.47. The number of alkyl halides is 3. The summed E-state index contributed by atoms with van der Waals surface area (Å²) in [7, 11) is 0. The normalized spacial score (nSPS) is 20.3. The van der Waals surface area contributed by atoms with Crippen molar-refractivity contribution in [3.63, 3.8) is 0 Å². The van der Waals surface area contributed by atoms with Crippen LogP contribution in [0.3, 0.4) is 0 Å². The summed E-state index contributed by atoms with van der Waals surface area (Å²) in [6, 6.07) is 1.07. The third-order valence-corrected chi connectivity index (χ3v) is 2.56. The summed E-state index contributed by atoms with van der Waals surface area (Å²) in [6.45, 7) is 0.781. The highest BCUT2D eigenvalue weighted by Gasteiger charge is 2.43. The van der Waals surface area contributed by atoms with Crippen LogP contribution in [0.1, 0.15) is 19.8 Å². The van der Waals surface area contributed by atoms with Crippen molar-refractivity contribution in [2.75, 3.05) is 6.54 Å². The first-order valence-electron chi connectivity index (χ1n) is 5.05. The van der Waals surface area contributed by atoms with Crippen molar-refractivity contribution >= 4 is 11.8 Å². The standard InChI is InChI=1S/C10H11F3N2O2/c1-6-2-8(16)15(9(17)3-6)5-7(4-14)10(11,12)13/h6-7H,2-3,5H2,1H3. The number of nitrogens with zero attached hydrogens (tertiary/aromatic N) is 2. The second-order valence-electron chi connectivity index (χ2n) is 4.13. The zero-order valence-corrected chi connectivity index (χ0v) is 9.12.